The Morgan fingerprint density at radius 3 is 2.69 bits per heavy atom. The van der Waals surface area contributed by atoms with E-state index in [1.54, 1.807) is 6.07 Å². The van der Waals surface area contributed by atoms with Crippen molar-refractivity contribution < 1.29 is 9.50 Å². The highest BCUT2D eigenvalue weighted by Gasteiger charge is 2.09. The number of rotatable bonds is 3. The van der Waals surface area contributed by atoms with Gasteiger partial charge in [-0.1, -0.05) is 19.9 Å². The van der Waals surface area contributed by atoms with E-state index in [1.807, 2.05) is 13.3 Å². The third kappa shape index (κ3) is 2.20. The first-order chi connectivity index (χ1) is 6.19. The zero-order valence-electron chi connectivity index (χ0n) is 7.92. The lowest BCUT2D eigenvalue weighted by Crippen LogP contribution is -1.96. The molecular weight excluding hydrogens is 167 g/mol. The molecule has 0 amide bonds. The average molecular weight is 181 g/mol. The first kappa shape index (κ1) is 10.0. The number of benzene rings is 1. The lowest BCUT2D eigenvalue weighted by molar-refractivity contribution is 0.431. The van der Waals surface area contributed by atoms with E-state index in [0.29, 0.717) is 0 Å². The highest BCUT2D eigenvalue weighted by atomic mass is 19.1. The molecule has 1 radical (unpaired) electrons. The molecule has 1 aromatic carbocycles. The summed E-state index contributed by atoms with van der Waals surface area (Å²) in [5.74, 6) is -0.553. The van der Waals surface area contributed by atoms with E-state index in [9.17, 15) is 4.39 Å². The molecule has 2 heteroatoms. The molecule has 1 atom stereocenters. The molecule has 0 saturated heterocycles. The van der Waals surface area contributed by atoms with Crippen LogP contribution in [0.1, 0.15) is 31.7 Å². The van der Waals surface area contributed by atoms with Crippen molar-refractivity contribution in [3.05, 3.63) is 36.0 Å². The van der Waals surface area contributed by atoms with Crippen molar-refractivity contribution in [3.63, 3.8) is 0 Å². The summed E-state index contributed by atoms with van der Waals surface area (Å²) >= 11 is 0. The summed E-state index contributed by atoms with van der Waals surface area (Å²) in [6, 6.07) is 4.55. The Bertz CT molecular complexity index is 279. The van der Waals surface area contributed by atoms with Gasteiger partial charge in [-0.25, -0.2) is 4.39 Å². The van der Waals surface area contributed by atoms with E-state index in [2.05, 4.69) is 6.92 Å². The van der Waals surface area contributed by atoms with Gasteiger partial charge in [0.2, 0.25) is 0 Å². The predicted molar refractivity (Wildman–Crippen MR) is 51.1 cm³/mol. The van der Waals surface area contributed by atoms with Crippen molar-refractivity contribution in [2.45, 2.75) is 26.2 Å². The maximum absolute atomic E-state index is 12.9. The predicted octanol–water partition coefficient (Wildman–Crippen LogP) is 3.25. The second-order valence-electron chi connectivity index (χ2n) is 3.06. The van der Waals surface area contributed by atoms with Gasteiger partial charge in [-0.05, 0) is 36.5 Å². The molecule has 1 rings (SSSR count). The Morgan fingerprint density at radius 2 is 2.23 bits per heavy atom. The van der Waals surface area contributed by atoms with Crippen molar-refractivity contribution >= 4 is 0 Å². The molecule has 1 aromatic rings. The van der Waals surface area contributed by atoms with Crippen LogP contribution in [0, 0.1) is 12.2 Å². The number of hydrogen-bond donors (Lipinski definition) is 1. The van der Waals surface area contributed by atoms with Crippen molar-refractivity contribution in [1.29, 1.82) is 0 Å². The smallest absolute Gasteiger partial charge is 0.165 e. The zero-order chi connectivity index (χ0) is 9.84. The minimum atomic E-state index is -0.544. The molecule has 0 heterocycles. The number of hydrogen-bond acceptors (Lipinski definition) is 1. The van der Waals surface area contributed by atoms with Crippen molar-refractivity contribution in [3.8, 4) is 5.75 Å². The van der Waals surface area contributed by atoms with Crippen LogP contribution in [-0.2, 0) is 0 Å². The van der Waals surface area contributed by atoms with Gasteiger partial charge in [-0.3, -0.25) is 0 Å². The van der Waals surface area contributed by atoms with Gasteiger partial charge < -0.3 is 5.11 Å². The first-order valence-electron chi connectivity index (χ1n) is 4.47. The van der Waals surface area contributed by atoms with Gasteiger partial charge in [0.15, 0.2) is 11.6 Å². The van der Waals surface area contributed by atoms with Crippen molar-refractivity contribution in [2.75, 3.05) is 0 Å². The molecule has 13 heavy (non-hydrogen) atoms. The molecule has 0 aromatic heterocycles. The van der Waals surface area contributed by atoms with Crippen LogP contribution in [0.15, 0.2) is 18.2 Å². The topological polar surface area (TPSA) is 20.2 Å². The van der Waals surface area contributed by atoms with E-state index in [4.69, 9.17) is 5.11 Å². The Labute approximate surface area is 78.2 Å². The summed E-state index contributed by atoms with van der Waals surface area (Å²) in [4.78, 5) is 0. The third-order valence-electron chi connectivity index (χ3n) is 2.24. The van der Waals surface area contributed by atoms with Crippen molar-refractivity contribution in [1.82, 2.24) is 0 Å². The number of halogens is 1. The van der Waals surface area contributed by atoms with Gasteiger partial charge in [-0.2, -0.15) is 0 Å². The Balaban J connectivity index is 2.95. The van der Waals surface area contributed by atoms with Crippen LogP contribution in [0.5, 0.6) is 5.75 Å². The monoisotopic (exact) mass is 181 g/mol. The lowest BCUT2D eigenvalue weighted by Gasteiger charge is -2.12. The summed E-state index contributed by atoms with van der Waals surface area (Å²) in [5, 5.41) is 8.99. The Hall–Kier alpha value is -1.05. The van der Waals surface area contributed by atoms with Gasteiger partial charge in [0, 0.05) is 0 Å². The van der Waals surface area contributed by atoms with Gasteiger partial charge in [0.05, 0.1) is 0 Å². The summed E-state index contributed by atoms with van der Waals surface area (Å²) in [5.41, 5.74) is 0.917. The fraction of sp³-hybridized carbons (Fsp3) is 0.364. The van der Waals surface area contributed by atoms with Crippen LogP contribution in [0.3, 0.4) is 0 Å². The molecule has 0 aliphatic carbocycles. The van der Waals surface area contributed by atoms with Crippen molar-refractivity contribution in [2.24, 2.45) is 0 Å². The minimum Gasteiger partial charge on any atom is -0.505 e. The minimum absolute atomic E-state index is 0.273. The molecule has 0 saturated carbocycles. The summed E-state index contributed by atoms with van der Waals surface area (Å²) in [6.45, 7) is 4.01. The fourth-order valence-electron chi connectivity index (χ4n) is 1.42. The second-order valence-corrected chi connectivity index (χ2v) is 3.06. The van der Waals surface area contributed by atoms with Crippen LogP contribution in [0.25, 0.3) is 0 Å². The molecule has 71 valence electrons. The molecule has 1 nitrogen and oxygen atoms in total. The quantitative estimate of drug-likeness (QED) is 0.758. The van der Waals surface area contributed by atoms with Gasteiger partial charge >= 0.3 is 0 Å². The summed E-state index contributed by atoms with van der Waals surface area (Å²) in [6.07, 6.45) is 2.98. The zero-order valence-corrected chi connectivity index (χ0v) is 7.92. The maximum Gasteiger partial charge on any atom is 0.165 e. The molecule has 0 aliphatic heterocycles. The second kappa shape index (κ2) is 4.26. The first-order valence-corrected chi connectivity index (χ1v) is 4.47. The summed E-state index contributed by atoms with van der Waals surface area (Å²) < 4.78 is 12.9. The standard InChI is InChI=1S/C11H14FO/c1-3-8(4-2)9-5-6-11(13)10(12)7-9/h3,5-8,13H,4H2,1-2H3. The van der Waals surface area contributed by atoms with Crippen LogP contribution in [-0.4, -0.2) is 5.11 Å². The normalized spacial score (nSPS) is 10.8. The van der Waals surface area contributed by atoms with Crippen LogP contribution >= 0.6 is 0 Å². The molecule has 0 fully saturated rings. The third-order valence-corrected chi connectivity index (χ3v) is 2.24. The fourth-order valence-corrected chi connectivity index (χ4v) is 1.42. The SMILES string of the molecule is C[CH]C(CC)c1ccc(O)c(F)c1. The number of aromatic hydroxyl groups is 1. The van der Waals surface area contributed by atoms with E-state index in [0.717, 1.165) is 12.0 Å². The Kier molecular flexibility index (Phi) is 3.29. The molecule has 0 aliphatic rings. The van der Waals surface area contributed by atoms with E-state index in [1.165, 1.54) is 12.1 Å². The largest absolute Gasteiger partial charge is 0.505 e. The Morgan fingerprint density at radius 1 is 1.54 bits per heavy atom. The molecule has 1 N–H and O–H groups in total. The average Bonchev–Trinajstić information content (AvgIpc) is 2.13. The molecule has 1 unspecified atom stereocenters. The molecular formula is C11H14FO. The highest BCUT2D eigenvalue weighted by Crippen LogP contribution is 2.25. The van der Waals surface area contributed by atoms with Gasteiger partial charge in [0.25, 0.3) is 0 Å². The van der Waals surface area contributed by atoms with Gasteiger partial charge in [-0.15, -0.1) is 0 Å². The summed E-state index contributed by atoms with van der Waals surface area (Å²) in [7, 11) is 0. The van der Waals surface area contributed by atoms with E-state index in [-0.39, 0.29) is 11.7 Å². The van der Waals surface area contributed by atoms with Crippen LogP contribution < -0.4 is 0 Å². The lowest BCUT2D eigenvalue weighted by atomic mass is 9.94. The maximum atomic E-state index is 12.9. The number of phenols is 1. The van der Waals surface area contributed by atoms with Crippen LogP contribution in [0.2, 0.25) is 0 Å². The highest BCUT2D eigenvalue weighted by molar-refractivity contribution is 5.31. The number of phenolic OH excluding ortho intramolecular Hbond substituents is 1. The van der Waals surface area contributed by atoms with E-state index >= 15 is 0 Å². The molecule has 0 spiro atoms. The van der Waals surface area contributed by atoms with Gasteiger partial charge in [0.1, 0.15) is 0 Å². The van der Waals surface area contributed by atoms with Crippen LogP contribution in [0.4, 0.5) is 4.39 Å². The van der Waals surface area contributed by atoms with E-state index < -0.39 is 5.82 Å². The molecule has 0 bridgehead atoms.